The average Bonchev–Trinajstić information content (AvgIpc) is 4.06. The Labute approximate surface area is 354 Å². The molecular formula is C56H32N6. The Balaban J connectivity index is 1.29. The summed E-state index contributed by atoms with van der Waals surface area (Å²) < 4.78 is 9.34. The first kappa shape index (κ1) is 34.1. The Morgan fingerprint density at radius 3 is 1.06 bits per heavy atom. The van der Waals surface area contributed by atoms with Crippen molar-refractivity contribution < 1.29 is 0 Å². The van der Waals surface area contributed by atoms with Crippen molar-refractivity contribution in [1.82, 2.24) is 18.3 Å². The fourth-order valence-electron chi connectivity index (χ4n) is 10.4. The largest absolute Gasteiger partial charge is 0.307 e. The number of nitriles is 2. The molecule has 286 valence electrons. The molecular weight excluding hydrogens is 757 g/mol. The minimum absolute atomic E-state index is 0.314. The van der Waals surface area contributed by atoms with Crippen molar-refractivity contribution in [3.05, 3.63) is 205 Å². The van der Waals surface area contributed by atoms with Gasteiger partial charge in [0.1, 0.15) is 12.1 Å². The number of fused-ring (bicyclic) bond motifs is 14. The van der Waals surface area contributed by atoms with E-state index in [0.29, 0.717) is 16.8 Å². The molecule has 0 N–H and O–H groups in total. The molecule has 0 spiro atoms. The van der Waals surface area contributed by atoms with E-state index in [1.54, 1.807) is 0 Å². The number of aromatic nitrogens is 4. The van der Waals surface area contributed by atoms with Gasteiger partial charge in [0.05, 0.1) is 66.6 Å². The maximum atomic E-state index is 11.4. The number of nitrogens with zero attached hydrogens (tertiary/aromatic N) is 6. The summed E-state index contributed by atoms with van der Waals surface area (Å²) in [6.07, 6.45) is 0. The van der Waals surface area contributed by atoms with Crippen molar-refractivity contribution in [2.45, 2.75) is 0 Å². The number of hydrogen-bond acceptors (Lipinski definition) is 2. The second-order valence-corrected chi connectivity index (χ2v) is 15.9. The van der Waals surface area contributed by atoms with Crippen LogP contribution in [0.15, 0.2) is 194 Å². The molecule has 0 bridgehead atoms. The fraction of sp³-hybridized carbons (Fsp3) is 0. The molecule has 0 saturated carbocycles. The van der Waals surface area contributed by atoms with Gasteiger partial charge < -0.3 is 18.3 Å². The van der Waals surface area contributed by atoms with E-state index in [1.807, 2.05) is 18.2 Å². The van der Waals surface area contributed by atoms with Gasteiger partial charge in [-0.25, -0.2) is 0 Å². The smallest absolute Gasteiger partial charge is 0.103 e. The van der Waals surface area contributed by atoms with Crippen LogP contribution in [0.3, 0.4) is 0 Å². The highest BCUT2D eigenvalue weighted by molar-refractivity contribution is 6.26. The molecule has 0 saturated heterocycles. The predicted molar refractivity (Wildman–Crippen MR) is 253 cm³/mol. The van der Waals surface area contributed by atoms with Crippen LogP contribution in [0.1, 0.15) is 11.1 Å². The number of rotatable bonds is 4. The lowest BCUT2D eigenvalue weighted by molar-refractivity contribution is 1.08. The number of hydrogen-bond donors (Lipinski definition) is 0. The zero-order valence-corrected chi connectivity index (χ0v) is 33.2. The van der Waals surface area contributed by atoms with E-state index in [9.17, 15) is 10.5 Å². The summed E-state index contributed by atoms with van der Waals surface area (Å²) in [5.74, 6) is 0. The highest BCUT2D eigenvalue weighted by Crippen LogP contribution is 2.46. The summed E-state index contributed by atoms with van der Waals surface area (Å²) in [6.45, 7) is 0. The lowest BCUT2D eigenvalue weighted by Gasteiger charge is -2.20. The minimum atomic E-state index is 0.314. The summed E-state index contributed by atoms with van der Waals surface area (Å²) in [7, 11) is 0. The summed E-state index contributed by atoms with van der Waals surface area (Å²) in [5, 5.41) is 31.0. The molecule has 6 nitrogen and oxygen atoms in total. The molecule has 0 amide bonds. The second kappa shape index (κ2) is 12.8. The quantitative estimate of drug-likeness (QED) is 0.178. The van der Waals surface area contributed by atoms with Gasteiger partial charge in [-0.2, -0.15) is 10.5 Å². The van der Waals surface area contributed by atoms with Crippen molar-refractivity contribution in [1.29, 1.82) is 10.5 Å². The Bertz CT molecular complexity index is 4110. The van der Waals surface area contributed by atoms with Crippen LogP contribution in [-0.2, 0) is 0 Å². The van der Waals surface area contributed by atoms with Gasteiger partial charge in [0.2, 0.25) is 0 Å². The predicted octanol–water partition coefficient (Wildman–Crippen LogP) is 13.8. The van der Waals surface area contributed by atoms with Crippen molar-refractivity contribution in [2.75, 3.05) is 0 Å². The molecule has 0 unspecified atom stereocenters. The van der Waals surface area contributed by atoms with E-state index >= 15 is 0 Å². The third kappa shape index (κ3) is 4.45. The van der Waals surface area contributed by atoms with Gasteiger partial charge in [0, 0.05) is 54.5 Å². The van der Waals surface area contributed by atoms with Crippen LogP contribution in [0.2, 0.25) is 0 Å². The van der Waals surface area contributed by atoms with Gasteiger partial charge in [-0.3, -0.25) is 0 Å². The van der Waals surface area contributed by atoms with Crippen molar-refractivity contribution in [3.63, 3.8) is 0 Å². The topological polar surface area (TPSA) is 67.3 Å². The van der Waals surface area contributed by atoms with Crippen LogP contribution in [-0.4, -0.2) is 18.3 Å². The Morgan fingerprint density at radius 2 is 0.645 bits per heavy atom. The molecule has 4 aromatic heterocycles. The molecule has 0 aliphatic heterocycles. The second-order valence-electron chi connectivity index (χ2n) is 15.9. The lowest BCUT2D eigenvalue weighted by atomic mass is 10.0. The third-order valence-electron chi connectivity index (χ3n) is 12.8. The van der Waals surface area contributed by atoms with E-state index in [0.717, 1.165) is 104 Å². The van der Waals surface area contributed by atoms with Gasteiger partial charge in [-0.1, -0.05) is 133 Å². The summed E-state index contributed by atoms with van der Waals surface area (Å²) in [5.41, 5.74) is 12.4. The van der Waals surface area contributed by atoms with Gasteiger partial charge in [0.15, 0.2) is 0 Å². The molecule has 4 heterocycles. The molecule has 6 heteroatoms. The Morgan fingerprint density at radius 1 is 0.290 bits per heavy atom. The molecule has 0 fully saturated rings. The zero-order valence-electron chi connectivity index (χ0n) is 33.2. The first-order valence-electron chi connectivity index (χ1n) is 20.7. The van der Waals surface area contributed by atoms with E-state index in [1.165, 1.54) is 0 Å². The average molecular weight is 789 g/mol. The fourth-order valence-corrected chi connectivity index (χ4v) is 10.4. The van der Waals surface area contributed by atoms with E-state index in [2.05, 4.69) is 206 Å². The lowest BCUT2D eigenvalue weighted by Crippen LogP contribution is -2.08. The van der Waals surface area contributed by atoms with Crippen molar-refractivity contribution in [2.24, 2.45) is 0 Å². The molecule has 13 rings (SSSR count). The monoisotopic (exact) mass is 788 g/mol. The first-order chi connectivity index (χ1) is 30.7. The van der Waals surface area contributed by atoms with Crippen LogP contribution in [0.5, 0.6) is 0 Å². The van der Waals surface area contributed by atoms with E-state index < -0.39 is 0 Å². The van der Waals surface area contributed by atoms with Crippen LogP contribution in [0.4, 0.5) is 0 Å². The SMILES string of the molecule is N#Cc1ccc(-n2c3ccccc3c3ccc4c5ccccc5n(-c5ccccc5)c4c32)c(-n2c3ccccc3c3ccc4c5ccccc5n(-c5ccccc5)c4c32)c1C#N. The van der Waals surface area contributed by atoms with Gasteiger partial charge >= 0.3 is 0 Å². The van der Waals surface area contributed by atoms with Crippen molar-refractivity contribution >= 4 is 87.2 Å². The highest BCUT2D eigenvalue weighted by atomic mass is 15.1. The Kier molecular flexibility index (Phi) is 7.05. The normalized spacial score (nSPS) is 11.8. The molecule has 0 atom stereocenters. The third-order valence-corrected chi connectivity index (χ3v) is 12.8. The molecule has 0 radical (unpaired) electrons. The van der Waals surface area contributed by atoms with Crippen LogP contribution < -0.4 is 0 Å². The summed E-state index contributed by atoms with van der Waals surface area (Å²) >= 11 is 0. The Hall–Kier alpha value is -8.84. The standard InChI is InChI=1S/C56H32N6/c57-33-35-27-32-51(61-49-25-13-9-21-40(49)44-30-28-42-38-19-7-11-23-47(38)59(53(42)55(44)61)36-15-3-1-4-16-36)52(46(35)34-58)62-50-26-14-10-22-41(50)45-31-29-43-39-20-8-12-24-48(39)60(54(43)56(45)62)37-17-5-2-6-18-37/h1-32H. The van der Waals surface area contributed by atoms with Gasteiger partial charge in [-0.15, -0.1) is 0 Å². The maximum absolute atomic E-state index is 11.4. The molecule has 0 aliphatic carbocycles. The molecule has 62 heavy (non-hydrogen) atoms. The van der Waals surface area contributed by atoms with Crippen molar-refractivity contribution in [3.8, 4) is 34.9 Å². The maximum Gasteiger partial charge on any atom is 0.103 e. The molecule has 13 aromatic rings. The van der Waals surface area contributed by atoms with E-state index in [-0.39, 0.29) is 0 Å². The van der Waals surface area contributed by atoms with Crippen LogP contribution in [0.25, 0.3) is 110 Å². The molecule has 0 aliphatic rings. The highest BCUT2D eigenvalue weighted by Gasteiger charge is 2.28. The van der Waals surface area contributed by atoms with Crippen LogP contribution in [0, 0.1) is 22.7 Å². The van der Waals surface area contributed by atoms with Gasteiger partial charge in [-0.05, 0) is 60.7 Å². The van der Waals surface area contributed by atoms with E-state index in [4.69, 9.17) is 0 Å². The number of para-hydroxylation sites is 6. The molecule has 9 aromatic carbocycles. The summed E-state index contributed by atoms with van der Waals surface area (Å²) in [4.78, 5) is 0. The minimum Gasteiger partial charge on any atom is -0.307 e. The summed E-state index contributed by atoms with van der Waals surface area (Å²) in [6, 6.07) is 73.0. The van der Waals surface area contributed by atoms with Crippen LogP contribution >= 0.6 is 0 Å². The first-order valence-corrected chi connectivity index (χ1v) is 20.7. The number of benzene rings is 9. The van der Waals surface area contributed by atoms with Gasteiger partial charge in [0.25, 0.3) is 0 Å². The zero-order chi connectivity index (χ0) is 41.1.